The third kappa shape index (κ3) is 2.85. The van der Waals surface area contributed by atoms with E-state index in [-0.39, 0.29) is 28.6 Å². The molecule has 0 aliphatic heterocycles. The molecule has 0 aliphatic rings. The number of H-pyrrole nitrogens is 1. The minimum absolute atomic E-state index is 0.0578. The number of carbonyl (C=O) groups excluding carboxylic acids is 1. The molecule has 1 amide bonds. The van der Waals surface area contributed by atoms with Crippen molar-refractivity contribution in [2.45, 2.75) is 32.6 Å². The molecule has 1 aromatic carbocycles. The van der Waals surface area contributed by atoms with Gasteiger partial charge in [0.1, 0.15) is 28.7 Å². The molecule has 3 N–H and O–H groups in total. The molecule has 26 heavy (non-hydrogen) atoms. The maximum Gasteiger partial charge on any atom is 0.332 e. The summed E-state index contributed by atoms with van der Waals surface area (Å²) in [4.78, 5) is 35.0. The minimum Gasteiger partial charge on any atom is -0.364 e. The fourth-order valence-electron chi connectivity index (χ4n) is 2.87. The third-order valence-corrected chi connectivity index (χ3v) is 4.11. The fourth-order valence-corrected chi connectivity index (χ4v) is 2.87. The highest BCUT2D eigenvalue weighted by Gasteiger charge is 2.24. The molecule has 9 heteroatoms. The summed E-state index contributed by atoms with van der Waals surface area (Å²) >= 11 is 0. The lowest BCUT2D eigenvalue weighted by Gasteiger charge is -2.11. The second-order valence-corrected chi connectivity index (χ2v) is 6.02. The molecule has 0 saturated carbocycles. The van der Waals surface area contributed by atoms with Gasteiger partial charge in [-0.2, -0.15) is 0 Å². The Morgan fingerprint density at radius 3 is 2.54 bits per heavy atom. The zero-order chi connectivity index (χ0) is 19.0. The van der Waals surface area contributed by atoms with Gasteiger partial charge in [-0.05, 0) is 18.6 Å². The van der Waals surface area contributed by atoms with Crippen molar-refractivity contribution in [1.29, 1.82) is 0 Å². The maximum atomic E-state index is 14.2. The largest absolute Gasteiger partial charge is 0.364 e. The second kappa shape index (κ2) is 6.66. The van der Waals surface area contributed by atoms with Crippen LogP contribution in [0.2, 0.25) is 0 Å². The number of aromatic amines is 1. The fraction of sp³-hybridized carbons (Fsp3) is 0.294. The van der Waals surface area contributed by atoms with Crippen LogP contribution < -0.4 is 11.4 Å². The molecule has 1 atom stereocenters. The molecule has 136 valence electrons. The summed E-state index contributed by atoms with van der Waals surface area (Å²) in [6.07, 6.45) is 1.57. The number of benzene rings is 1. The number of aromatic nitrogens is 4. The van der Waals surface area contributed by atoms with Crippen molar-refractivity contribution >= 4 is 17.1 Å². The number of hydrogen-bond donors (Lipinski definition) is 2. The number of fused-ring (bicyclic) bond motifs is 1. The van der Waals surface area contributed by atoms with Crippen molar-refractivity contribution in [3.8, 4) is 5.69 Å². The Hall–Kier alpha value is -3.10. The van der Waals surface area contributed by atoms with Gasteiger partial charge in [0.05, 0.1) is 0 Å². The first-order chi connectivity index (χ1) is 12.3. The Morgan fingerprint density at radius 1 is 1.31 bits per heavy atom. The topological polar surface area (TPSA) is 107 Å². The van der Waals surface area contributed by atoms with Gasteiger partial charge in [0.2, 0.25) is 0 Å². The molecule has 0 saturated heterocycles. The highest BCUT2D eigenvalue weighted by Crippen LogP contribution is 2.24. The van der Waals surface area contributed by atoms with Crippen LogP contribution in [0.1, 0.15) is 48.9 Å². The minimum atomic E-state index is -0.935. The van der Waals surface area contributed by atoms with Crippen LogP contribution in [0.5, 0.6) is 0 Å². The van der Waals surface area contributed by atoms with Crippen molar-refractivity contribution in [3.63, 3.8) is 0 Å². The number of hydrogen-bond acceptors (Lipinski definition) is 4. The predicted molar refractivity (Wildman–Crippen MR) is 91.2 cm³/mol. The average molecular weight is 361 g/mol. The Morgan fingerprint density at radius 2 is 1.96 bits per heavy atom. The third-order valence-electron chi connectivity index (χ3n) is 4.11. The van der Waals surface area contributed by atoms with Gasteiger partial charge in [-0.3, -0.25) is 4.79 Å². The van der Waals surface area contributed by atoms with E-state index >= 15 is 0 Å². The summed E-state index contributed by atoms with van der Waals surface area (Å²) in [6, 6.07) is 3.24. The number of nitrogens with one attached hydrogen (secondary N) is 1. The Kier molecular flexibility index (Phi) is 4.54. The van der Waals surface area contributed by atoms with Crippen molar-refractivity contribution in [2.24, 2.45) is 5.73 Å². The van der Waals surface area contributed by atoms with Gasteiger partial charge in [-0.1, -0.05) is 26.3 Å². The zero-order valence-electron chi connectivity index (χ0n) is 14.2. The van der Waals surface area contributed by atoms with Crippen LogP contribution in [-0.2, 0) is 0 Å². The zero-order valence-corrected chi connectivity index (χ0v) is 14.2. The first-order valence-corrected chi connectivity index (χ1v) is 8.12. The summed E-state index contributed by atoms with van der Waals surface area (Å²) in [7, 11) is 0. The molecule has 3 aromatic rings. The van der Waals surface area contributed by atoms with Crippen LogP contribution in [0.3, 0.4) is 0 Å². The molecule has 0 bridgehead atoms. The standard InChI is InChI=1S/C17H17F2N5O2/c1-3-5-8(2)15-21-11(14(20)25)12-16(23-15)24(17(26)22-12)13-9(18)6-4-7-10(13)19/h4,6-8H,3,5H2,1-2H3,(H2,20,25)(H,22,26)/t8-/m1/s1. The number of nitrogens with zero attached hydrogens (tertiary/aromatic N) is 3. The SMILES string of the molecule is CCC[C@@H](C)c1nc(C(N)=O)c2[nH]c(=O)n(-c3c(F)cccc3F)c2n1. The lowest BCUT2D eigenvalue weighted by Crippen LogP contribution is -2.18. The molecule has 0 aliphatic carbocycles. The van der Waals surface area contributed by atoms with E-state index in [0.29, 0.717) is 0 Å². The molecule has 2 heterocycles. The van der Waals surface area contributed by atoms with Gasteiger partial charge >= 0.3 is 5.69 Å². The predicted octanol–water partition coefficient (Wildman–Crippen LogP) is 2.39. The van der Waals surface area contributed by atoms with Crippen LogP contribution >= 0.6 is 0 Å². The van der Waals surface area contributed by atoms with Crippen molar-refractivity contribution < 1.29 is 13.6 Å². The number of para-hydroxylation sites is 1. The average Bonchev–Trinajstić information content (AvgIpc) is 2.90. The van der Waals surface area contributed by atoms with E-state index in [1.807, 2.05) is 13.8 Å². The summed E-state index contributed by atoms with van der Waals surface area (Å²) in [5, 5.41) is 0. The van der Waals surface area contributed by atoms with E-state index in [1.165, 1.54) is 6.07 Å². The number of primary amides is 1. The van der Waals surface area contributed by atoms with E-state index in [4.69, 9.17) is 5.73 Å². The van der Waals surface area contributed by atoms with Gasteiger partial charge in [0.25, 0.3) is 5.91 Å². The van der Waals surface area contributed by atoms with Gasteiger partial charge in [0, 0.05) is 5.92 Å². The first-order valence-electron chi connectivity index (χ1n) is 8.12. The number of nitrogens with two attached hydrogens (primary N) is 1. The van der Waals surface area contributed by atoms with Crippen LogP contribution in [0, 0.1) is 11.6 Å². The van der Waals surface area contributed by atoms with Crippen molar-refractivity contribution in [3.05, 3.63) is 51.8 Å². The van der Waals surface area contributed by atoms with Crippen LogP contribution in [0.15, 0.2) is 23.0 Å². The number of amides is 1. The summed E-state index contributed by atoms with van der Waals surface area (Å²) < 4.78 is 29.2. The highest BCUT2D eigenvalue weighted by atomic mass is 19.1. The second-order valence-electron chi connectivity index (χ2n) is 6.02. The normalized spacial score (nSPS) is 12.5. The molecule has 0 unspecified atom stereocenters. The molecule has 7 nitrogen and oxygen atoms in total. The molecule has 2 aromatic heterocycles. The summed E-state index contributed by atoms with van der Waals surface area (Å²) in [6.45, 7) is 3.83. The summed E-state index contributed by atoms with van der Waals surface area (Å²) in [5.41, 5.74) is 3.60. The molecule has 0 spiro atoms. The van der Waals surface area contributed by atoms with E-state index < -0.39 is 28.9 Å². The van der Waals surface area contributed by atoms with Gasteiger partial charge < -0.3 is 10.7 Å². The van der Waals surface area contributed by atoms with E-state index in [1.54, 1.807) is 0 Å². The quantitative estimate of drug-likeness (QED) is 0.727. The molecular formula is C17H17F2N5O2. The Labute approximate surface area is 146 Å². The smallest absolute Gasteiger partial charge is 0.332 e. The molecule has 0 radical (unpaired) electrons. The monoisotopic (exact) mass is 361 g/mol. The highest BCUT2D eigenvalue weighted by molar-refractivity contribution is 6.01. The van der Waals surface area contributed by atoms with Gasteiger partial charge in [-0.15, -0.1) is 0 Å². The van der Waals surface area contributed by atoms with E-state index in [2.05, 4.69) is 15.0 Å². The lowest BCUT2D eigenvalue weighted by atomic mass is 10.1. The lowest BCUT2D eigenvalue weighted by molar-refractivity contribution is 0.0996. The van der Waals surface area contributed by atoms with Gasteiger partial charge in [0.15, 0.2) is 11.3 Å². The van der Waals surface area contributed by atoms with E-state index in [0.717, 1.165) is 29.5 Å². The van der Waals surface area contributed by atoms with Crippen LogP contribution in [-0.4, -0.2) is 25.4 Å². The first kappa shape index (κ1) is 17.7. The number of carbonyl (C=O) groups is 1. The van der Waals surface area contributed by atoms with Crippen LogP contribution in [0.4, 0.5) is 8.78 Å². The Bertz CT molecular complexity index is 1040. The summed E-state index contributed by atoms with van der Waals surface area (Å²) in [5.74, 6) is -2.60. The number of imidazole rings is 1. The molecular weight excluding hydrogens is 344 g/mol. The van der Waals surface area contributed by atoms with Crippen molar-refractivity contribution in [2.75, 3.05) is 0 Å². The molecule has 0 fully saturated rings. The van der Waals surface area contributed by atoms with Crippen LogP contribution in [0.25, 0.3) is 16.9 Å². The number of halogens is 2. The van der Waals surface area contributed by atoms with Gasteiger partial charge in [-0.25, -0.2) is 28.1 Å². The molecule has 3 rings (SSSR count). The number of rotatable bonds is 5. The Balaban J connectivity index is 2.40. The van der Waals surface area contributed by atoms with Crippen molar-refractivity contribution in [1.82, 2.24) is 19.5 Å². The maximum absolute atomic E-state index is 14.2. The van der Waals surface area contributed by atoms with E-state index in [9.17, 15) is 18.4 Å².